The first kappa shape index (κ1) is 25.3. The van der Waals surface area contributed by atoms with Crippen molar-refractivity contribution in [2.75, 3.05) is 23.1 Å². The molecule has 4 N–H and O–H groups in total. The van der Waals surface area contributed by atoms with Crippen molar-refractivity contribution in [2.24, 2.45) is 5.92 Å². The fraction of sp³-hybridized carbons (Fsp3) is 0.222. The first-order valence-electron chi connectivity index (χ1n) is 11.3. The molecule has 0 aliphatic rings. The minimum atomic E-state index is -0.762. The van der Waals surface area contributed by atoms with Gasteiger partial charge in [-0.3, -0.25) is 9.59 Å². The van der Waals surface area contributed by atoms with Crippen LogP contribution in [0.1, 0.15) is 29.8 Å². The summed E-state index contributed by atoms with van der Waals surface area (Å²) in [6, 6.07) is 19.8. The van der Waals surface area contributed by atoms with Crippen molar-refractivity contribution in [1.29, 1.82) is 0 Å². The Morgan fingerprint density at radius 1 is 0.800 bits per heavy atom. The SMILES string of the molecule is COc1ccc(C(=O)NC(C(=O)Nc2cc(NC(=O)Nc3ccccc3)ccc2C)C(C)C)cc1. The molecule has 0 aliphatic carbocycles. The van der Waals surface area contributed by atoms with Crippen LogP contribution in [0, 0.1) is 12.8 Å². The van der Waals surface area contributed by atoms with Crippen molar-refractivity contribution in [2.45, 2.75) is 26.8 Å². The third-order valence-electron chi connectivity index (χ3n) is 5.37. The smallest absolute Gasteiger partial charge is 0.323 e. The van der Waals surface area contributed by atoms with Gasteiger partial charge in [0.05, 0.1) is 7.11 Å². The topological polar surface area (TPSA) is 109 Å². The predicted molar refractivity (Wildman–Crippen MR) is 138 cm³/mol. The van der Waals surface area contributed by atoms with Crippen molar-refractivity contribution in [3.63, 3.8) is 0 Å². The van der Waals surface area contributed by atoms with E-state index in [4.69, 9.17) is 4.74 Å². The van der Waals surface area contributed by atoms with E-state index in [0.29, 0.717) is 28.4 Å². The number of benzene rings is 3. The molecule has 3 rings (SSSR count). The molecule has 1 unspecified atom stereocenters. The number of rotatable bonds is 8. The number of aryl methyl sites for hydroxylation is 1. The Hall–Kier alpha value is -4.33. The summed E-state index contributed by atoms with van der Waals surface area (Å²) in [7, 11) is 1.55. The third kappa shape index (κ3) is 7.07. The highest BCUT2D eigenvalue weighted by Crippen LogP contribution is 2.22. The summed E-state index contributed by atoms with van der Waals surface area (Å²) in [5, 5.41) is 11.2. The van der Waals surface area contributed by atoms with Gasteiger partial charge in [0.15, 0.2) is 0 Å². The van der Waals surface area contributed by atoms with Crippen molar-refractivity contribution in [3.8, 4) is 5.75 Å². The molecular formula is C27H30N4O4. The van der Waals surface area contributed by atoms with Crippen LogP contribution < -0.4 is 26.0 Å². The molecule has 0 aliphatic heterocycles. The Morgan fingerprint density at radius 2 is 1.46 bits per heavy atom. The number of hydrogen-bond acceptors (Lipinski definition) is 4. The van der Waals surface area contributed by atoms with Crippen LogP contribution in [-0.2, 0) is 4.79 Å². The van der Waals surface area contributed by atoms with Gasteiger partial charge in [-0.2, -0.15) is 0 Å². The number of methoxy groups -OCH3 is 1. The van der Waals surface area contributed by atoms with Gasteiger partial charge >= 0.3 is 6.03 Å². The molecule has 0 aromatic heterocycles. The molecule has 8 heteroatoms. The van der Waals surface area contributed by atoms with Gasteiger partial charge in [-0.25, -0.2) is 4.79 Å². The number of amides is 4. The summed E-state index contributed by atoms with van der Waals surface area (Å²) >= 11 is 0. The first-order valence-corrected chi connectivity index (χ1v) is 11.3. The van der Waals surface area contributed by atoms with Gasteiger partial charge in [0, 0.05) is 22.6 Å². The molecule has 0 bridgehead atoms. The summed E-state index contributed by atoms with van der Waals surface area (Å²) in [4.78, 5) is 38.2. The van der Waals surface area contributed by atoms with Crippen LogP contribution in [0.2, 0.25) is 0 Å². The minimum absolute atomic E-state index is 0.157. The number of anilines is 3. The molecular weight excluding hydrogens is 444 g/mol. The molecule has 35 heavy (non-hydrogen) atoms. The van der Waals surface area contributed by atoms with Gasteiger partial charge in [0.2, 0.25) is 5.91 Å². The standard InChI is InChI=1S/C27H30N4O4/c1-17(2)24(31-25(32)19-11-14-22(35-4)15-12-19)26(33)30-23-16-21(13-10-18(23)3)29-27(34)28-20-8-6-5-7-9-20/h5-17,24H,1-4H3,(H,30,33)(H,31,32)(H2,28,29,34). The molecule has 3 aromatic carbocycles. The summed E-state index contributed by atoms with van der Waals surface area (Å²) in [6.45, 7) is 5.57. The Kier molecular flexibility index (Phi) is 8.45. The maximum Gasteiger partial charge on any atom is 0.323 e. The zero-order valence-corrected chi connectivity index (χ0v) is 20.2. The number of carbonyl (C=O) groups is 3. The van der Waals surface area contributed by atoms with Gasteiger partial charge in [-0.1, -0.05) is 38.1 Å². The number of urea groups is 1. The maximum absolute atomic E-state index is 13.1. The van der Waals surface area contributed by atoms with Gasteiger partial charge in [0.25, 0.3) is 5.91 Å². The number of nitrogens with one attached hydrogen (secondary N) is 4. The Morgan fingerprint density at radius 3 is 2.09 bits per heavy atom. The third-order valence-corrected chi connectivity index (χ3v) is 5.37. The Bertz CT molecular complexity index is 1180. The monoisotopic (exact) mass is 474 g/mol. The highest BCUT2D eigenvalue weighted by Gasteiger charge is 2.25. The summed E-state index contributed by atoms with van der Waals surface area (Å²) in [5.41, 5.74) is 2.96. The maximum atomic E-state index is 13.1. The highest BCUT2D eigenvalue weighted by molar-refractivity contribution is 6.03. The lowest BCUT2D eigenvalue weighted by Gasteiger charge is -2.22. The second-order valence-corrected chi connectivity index (χ2v) is 8.39. The average molecular weight is 475 g/mol. The average Bonchev–Trinajstić information content (AvgIpc) is 2.84. The molecule has 0 radical (unpaired) electrons. The molecule has 3 aromatic rings. The number of hydrogen-bond donors (Lipinski definition) is 4. The molecule has 4 amide bonds. The van der Waals surface area contributed by atoms with Crippen LogP contribution in [0.5, 0.6) is 5.75 Å². The van der Waals surface area contributed by atoms with E-state index in [-0.39, 0.29) is 17.7 Å². The fourth-order valence-corrected chi connectivity index (χ4v) is 3.36. The van der Waals surface area contributed by atoms with Crippen molar-refractivity contribution >= 4 is 34.9 Å². The lowest BCUT2D eigenvalue weighted by molar-refractivity contribution is -0.118. The van der Waals surface area contributed by atoms with Gasteiger partial charge in [-0.05, 0) is 66.9 Å². The molecule has 8 nitrogen and oxygen atoms in total. The quantitative estimate of drug-likeness (QED) is 0.367. The lowest BCUT2D eigenvalue weighted by atomic mass is 10.0. The first-order chi connectivity index (χ1) is 16.8. The van der Waals surface area contributed by atoms with Crippen LogP contribution in [-0.4, -0.2) is 31.0 Å². The van der Waals surface area contributed by atoms with Gasteiger partial charge in [-0.15, -0.1) is 0 Å². The van der Waals surface area contributed by atoms with E-state index < -0.39 is 12.1 Å². The number of carbonyl (C=O) groups excluding carboxylic acids is 3. The van der Waals surface area contributed by atoms with E-state index in [9.17, 15) is 14.4 Å². The minimum Gasteiger partial charge on any atom is -0.497 e. The van der Waals surface area contributed by atoms with Crippen LogP contribution in [0.3, 0.4) is 0 Å². The second-order valence-electron chi connectivity index (χ2n) is 8.39. The molecule has 0 heterocycles. The van der Waals surface area contributed by atoms with Crippen LogP contribution in [0.15, 0.2) is 72.8 Å². The van der Waals surface area contributed by atoms with E-state index in [2.05, 4.69) is 21.3 Å². The van der Waals surface area contributed by atoms with Crippen molar-refractivity contribution < 1.29 is 19.1 Å². The summed E-state index contributed by atoms with van der Waals surface area (Å²) < 4.78 is 5.12. The van der Waals surface area contributed by atoms with E-state index in [1.807, 2.05) is 39.0 Å². The Labute approximate surface area is 205 Å². The van der Waals surface area contributed by atoms with Crippen LogP contribution in [0.25, 0.3) is 0 Å². The van der Waals surface area contributed by atoms with E-state index >= 15 is 0 Å². The lowest BCUT2D eigenvalue weighted by Crippen LogP contribution is -2.47. The molecule has 0 fully saturated rings. The predicted octanol–water partition coefficient (Wildman–Crippen LogP) is 5.04. The summed E-state index contributed by atoms with van der Waals surface area (Å²) in [5.74, 6) is -0.223. The molecule has 182 valence electrons. The highest BCUT2D eigenvalue weighted by atomic mass is 16.5. The molecule has 1 atom stereocenters. The van der Waals surface area contributed by atoms with Crippen LogP contribution in [0.4, 0.5) is 21.9 Å². The van der Waals surface area contributed by atoms with Gasteiger partial charge < -0.3 is 26.0 Å². The van der Waals surface area contributed by atoms with Crippen LogP contribution >= 0.6 is 0 Å². The van der Waals surface area contributed by atoms with E-state index in [1.165, 1.54) is 0 Å². The zero-order chi connectivity index (χ0) is 25.4. The number of ether oxygens (including phenoxy) is 1. The molecule has 0 spiro atoms. The fourth-order valence-electron chi connectivity index (χ4n) is 3.36. The second kappa shape index (κ2) is 11.7. The normalized spacial score (nSPS) is 11.3. The largest absolute Gasteiger partial charge is 0.497 e. The van der Waals surface area contributed by atoms with Crippen molar-refractivity contribution in [1.82, 2.24) is 5.32 Å². The van der Waals surface area contributed by atoms with E-state index in [0.717, 1.165) is 5.56 Å². The summed E-state index contributed by atoms with van der Waals surface area (Å²) in [6.07, 6.45) is 0. The molecule has 0 saturated heterocycles. The Balaban J connectivity index is 1.67. The van der Waals surface area contributed by atoms with Gasteiger partial charge in [0.1, 0.15) is 11.8 Å². The van der Waals surface area contributed by atoms with E-state index in [1.54, 1.807) is 61.7 Å². The zero-order valence-electron chi connectivity index (χ0n) is 20.2. The van der Waals surface area contributed by atoms with Crippen molar-refractivity contribution in [3.05, 3.63) is 83.9 Å². The number of para-hydroxylation sites is 1. The molecule has 0 saturated carbocycles.